The number of hydrogen-bond acceptors (Lipinski definition) is 5. The summed E-state index contributed by atoms with van der Waals surface area (Å²) in [6.07, 6.45) is 1.06. The lowest BCUT2D eigenvalue weighted by Gasteiger charge is -2.42. The maximum Gasteiger partial charge on any atom is 0.242 e. The van der Waals surface area contributed by atoms with E-state index in [1.54, 1.807) is 0 Å². The van der Waals surface area contributed by atoms with Crippen molar-refractivity contribution in [2.75, 3.05) is 59.2 Å². The van der Waals surface area contributed by atoms with Crippen molar-refractivity contribution in [3.63, 3.8) is 0 Å². The van der Waals surface area contributed by atoms with E-state index in [-0.39, 0.29) is 36.8 Å². The van der Waals surface area contributed by atoms with Gasteiger partial charge in [0.1, 0.15) is 6.04 Å². The van der Waals surface area contributed by atoms with Crippen molar-refractivity contribution in [1.29, 1.82) is 0 Å². The van der Waals surface area contributed by atoms with Crippen molar-refractivity contribution in [2.45, 2.75) is 32.4 Å². The van der Waals surface area contributed by atoms with Crippen LogP contribution >= 0.6 is 24.8 Å². The van der Waals surface area contributed by atoms with Crippen LogP contribution in [0.25, 0.3) is 0 Å². The smallest absolute Gasteiger partial charge is 0.242 e. The van der Waals surface area contributed by atoms with E-state index in [0.717, 1.165) is 52.4 Å². The number of halogens is 2. The summed E-state index contributed by atoms with van der Waals surface area (Å²) in [6, 6.07) is 0.277. The first-order valence-electron chi connectivity index (χ1n) is 8.18. The second-order valence-corrected chi connectivity index (χ2v) is 5.66. The van der Waals surface area contributed by atoms with Gasteiger partial charge in [-0.25, -0.2) is 0 Å². The van der Waals surface area contributed by atoms with Gasteiger partial charge in [0.15, 0.2) is 0 Å². The Morgan fingerprint density at radius 2 is 2.09 bits per heavy atom. The molecule has 2 saturated heterocycles. The van der Waals surface area contributed by atoms with Crippen LogP contribution in [0.3, 0.4) is 0 Å². The highest BCUT2D eigenvalue weighted by atomic mass is 35.5. The lowest BCUT2D eigenvalue weighted by atomic mass is 10.1. The van der Waals surface area contributed by atoms with E-state index >= 15 is 0 Å². The Balaban J connectivity index is 0.00000242. The fourth-order valence-electron chi connectivity index (χ4n) is 3.05. The maximum atomic E-state index is 12.5. The highest BCUT2D eigenvalue weighted by molar-refractivity contribution is 5.85. The summed E-state index contributed by atoms with van der Waals surface area (Å²) in [5.41, 5.74) is 0. The van der Waals surface area contributed by atoms with Crippen LogP contribution < -0.4 is 5.32 Å². The minimum Gasteiger partial charge on any atom is -0.380 e. The molecule has 0 spiro atoms. The lowest BCUT2D eigenvalue weighted by Crippen LogP contribution is -2.60. The van der Waals surface area contributed by atoms with E-state index in [0.29, 0.717) is 19.3 Å². The van der Waals surface area contributed by atoms with Gasteiger partial charge >= 0.3 is 0 Å². The van der Waals surface area contributed by atoms with Gasteiger partial charge in [-0.15, -0.1) is 24.8 Å². The first kappa shape index (κ1) is 22.9. The Kier molecular flexibility index (Phi) is 12.2. The number of nitrogens with zero attached hydrogens (tertiary/aromatic N) is 2. The topological polar surface area (TPSA) is 54.0 Å². The molecular formula is C15H31Cl2N3O3. The zero-order chi connectivity index (χ0) is 15.1. The molecule has 2 aliphatic heterocycles. The van der Waals surface area contributed by atoms with Gasteiger partial charge in [0.05, 0.1) is 19.8 Å². The molecule has 2 atom stereocenters. The molecule has 2 fully saturated rings. The summed E-state index contributed by atoms with van der Waals surface area (Å²) in [6.45, 7) is 11.2. The van der Waals surface area contributed by atoms with Gasteiger partial charge in [-0.1, -0.05) is 6.92 Å². The molecule has 6 nitrogen and oxygen atoms in total. The van der Waals surface area contributed by atoms with Crippen molar-refractivity contribution in [2.24, 2.45) is 0 Å². The van der Waals surface area contributed by atoms with E-state index in [2.05, 4.69) is 17.1 Å². The van der Waals surface area contributed by atoms with Gasteiger partial charge in [-0.05, 0) is 13.3 Å². The van der Waals surface area contributed by atoms with E-state index < -0.39 is 0 Å². The van der Waals surface area contributed by atoms with Crippen molar-refractivity contribution in [3.05, 3.63) is 0 Å². The number of carbonyl (C=O) groups excluding carboxylic acids is 1. The predicted molar refractivity (Wildman–Crippen MR) is 95.8 cm³/mol. The molecule has 1 N–H and O–H groups in total. The van der Waals surface area contributed by atoms with Crippen LogP contribution in [0.1, 0.15) is 20.3 Å². The van der Waals surface area contributed by atoms with Crippen LogP contribution in [0.2, 0.25) is 0 Å². The van der Waals surface area contributed by atoms with E-state index in [1.807, 2.05) is 11.8 Å². The molecule has 23 heavy (non-hydrogen) atoms. The molecule has 0 aromatic rings. The van der Waals surface area contributed by atoms with Crippen LogP contribution in [0.5, 0.6) is 0 Å². The average Bonchev–Trinajstić information content (AvgIpc) is 2.55. The molecule has 2 unspecified atom stereocenters. The third kappa shape index (κ3) is 6.72. The number of rotatable bonds is 6. The molecule has 0 bridgehead atoms. The van der Waals surface area contributed by atoms with Crippen molar-refractivity contribution < 1.29 is 14.3 Å². The van der Waals surface area contributed by atoms with Crippen molar-refractivity contribution in [1.82, 2.24) is 15.1 Å². The van der Waals surface area contributed by atoms with E-state index in [9.17, 15) is 4.79 Å². The summed E-state index contributed by atoms with van der Waals surface area (Å²) in [5, 5.41) is 3.25. The van der Waals surface area contributed by atoms with Crippen LogP contribution in [-0.2, 0) is 14.3 Å². The second-order valence-electron chi connectivity index (χ2n) is 5.66. The number of carbonyl (C=O) groups is 1. The van der Waals surface area contributed by atoms with Gasteiger partial charge in [0, 0.05) is 45.4 Å². The number of ether oxygens (including phenoxy) is 2. The molecule has 0 aromatic carbocycles. The van der Waals surface area contributed by atoms with Gasteiger partial charge in [0.2, 0.25) is 5.91 Å². The monoisotopic (exact) mass is 371 g/mol. The summed E-state index contributed by atoms with van der Waals surface area (Å²) in [7, 11) is 0. The SMILES string of the molecule is CCOCCN1CCN(C(=O)C2COCCN2)CC1CC.Cl.Cl. The fraction of sp³-hybridized carbons (Fsp3) is 0.933. The molecule has 2 heterocycles. The number of hydrogen-bond donors (Lipinski definition) is 1. The van der Waals surface area contributed by atoms with Gasteiger partial charge < -0.3 is 19.7 Å². The highest BCUT2D eigenvalue weighted by Gasteiger charge is 2.32. The predicted octanol–water partition coefficient (Wildman–Crippen LogP) is 0.778. The molecule has 8 heteroatoms. The fourth-order valence-corrected chi connectivity index (χ4v) is 3.05. The third-order valence-corrected chi connectivity index (χ3v) is 4.33. The summed E-state index contributed by atoms with van der Waals surface area (Å²) in [4.78, 5) is 17.0. The molecule has 2 aliphatic rings. The molecule has 0 saturated carbocycles. The zero-order valence-electron chi connectivity index (χ0n) is 14.2. The van der Waals surface area contributed by atoms with Crippen LogP contribution in [0.15, 0.2) is 0 Å². The minimum absolute atomic E-state index is 0. The van der Waals surface area contributed by atoms with Crippen LogP contribution in [-0.4, -0.2) is 86.9 Å². The molecule has 138 valence electrons. The summed E-state index contributed by atoms with van der Waals surface area (Å²) < 4.78 is 10.8. The Morgan fingerprint density at radius 1 is 1.30 bits per heavy atom. The first-order valence-corrected chi connectivity index (χ1v) is 8.18. The van der Waals surface area contributed by atoms with E-state index in [4.69, 9.17) is 9.47 Å². The van der Waals surface area contributed by atoms with Crippen LogP contribution in [0.4, 0.5) is 0 Å². The largest absolute Gasteiger partial charge is 0.380 e. The number of nitrogens with one attached hydrogen (secondary N) is 1. The summed E-state index contributed by atoms with van der Waals surface area (Å²) in [5.74, 6) is 0.192. The molecule has 0 aromatic heterocycles. The molecule has 0 radical (unpaired) electrons. The Bertz CT molecular complexity index is 331. The van der Waals surface area contributed by atoms with Gasteiger partial charge in [0.25, 0.3) is 0 Å². The first-order chi connectivity index (χ1) is 10.3. The quantitative estimate of drug-likeness (QED) is 0.699. The van der Waals surface area contributed by atoms with E-state index in [1.165, 1.54) is 0 Å². The van der Waals surface area contributed by atoms with Crippen molar-refractivity contribution in [3.8, 4) is 0 Å². The zero-order valence-corrected chi connectivity index (χ0v) is 15.8. The molecule has 0 aliphatic carbocycles. The molecule has 2 rings (SSSR count). The normalized spacial score (nSPS) is 25.4. The average molecular weight is 372 g/mol. The minimum atomic E-state index is -0.161. The number of piperazine rings is 1. The standard InChI is InChI=1S/C15H29N3O3.2ClH/c1-3-13-11-18(7-6-17(13)8-10-20-4-2)15(19)14-12-21-9-5-16-14;;/h13-14,16H,3-12H2,1-2H3;2*1H. The number of amides is 1. The third-order valence-electron chi connectivity index (χ3n) is 4.33. The summed E-state index contributed by atoms with van der Waals surface area (Å²) >= 11 is 0. The highest BCUT2D eigenvalue weighted by Crippen LogP contribution is 2.14. The molecular weight excluding hydrogens is 341 g/mol. The van der Waals surface area contributed by atoms with Crippen LogP contribution in [0, 0.1) is 0 Å². The Labute approximate surface area is 152 Å². The van der Waals surface area contributed by atoms with Gasteiger partial charge in [-0.3, -0.25) is 9.69 Å². The number of morpholine rings is 1. The Hall–Kier alpha value is -0.110. The second kappa shape index (κ2) is 12.3. The van der Waals surface area contributed by atoms with Gasteiger partial charge in [-0.2, -0.15) is 0 Å². The Morgan fingerprint density at radius 3 is 2.70 bits per heavy atom. The molecule has 1 amide bonds. The maximum absolute atomic E-state index is 12.5. The van der Waals surface area contributed by atoms with Crippen molar-refractivity contribution >= 4 is 30.7 Å². The lowest BCUT2D eigenvalue weighted by molar-refractivity contribution is -0.139.